The van der Waals surface area contributed by atoms with E-state index in [1.165, 1.54) is 0 Å². The van der Waals surface area contributed by atoms with Gasteiger partial charge in [-0.05, 0) is 38.1 Å². The van der Waals surface area contributed by atoms with Crippen molar-refractivity contribution in [1.29, 1.82) is 0 Å². The predicted molar refractivity (Wildman–Crippen MR) is 77.3 cm³/mol. The van der Waals surface area contributed by atoms with Crippen LogP contribution in [-0.2, 0) is 4.79 Å². The molecule has 0 aromatic heterocycles. The number of hydrogen-bond acceptors (Lipinski definition) is 4. The van der Waals surface area contributed by atoms with Gasteiger partial charge in [-0.15, -0.1) is 11.8 Å². The van der Waals surface area contributed by atoms with Crippen molar-refractivity contribution in [2.24, 2.45) is 5.73 Å². The number of hydrogen-bond donors (Lipinski definition) is 2. The van der Waals surface area contributed by atoms with Crippen LogP contribution in [0.2, 0.25) is 0 Å². The average Bonchev–Trinajstić information content (AvgIpc) is 2.36. The van der Waals surface area contributed by atoms with Gasteiger partial charge in [0.15, 0.2) is 0 Å². The second-order valence-electron chi connectivity index (χ2n) is 4.49. The lowest BCUT2D eigenvalue weighted by Gasteiger charge is -2.25. The predicted octanol–water partition coefficient (Wildman–Crippen LogP) is 1.90. The third-order valence-corrected chi connectivity index (χ3v) is 4.21. The monoisotopic (exact) mass is 265 g/mol. The maximum absolute atomic E-state index is 11.6. The van der Waals surface area contributed by atoms with Crippen molar-refractivity contribution in [3.63, 3.8) is 0 Å². The van der Waals surface area contributed by atoms with Crippen molar-refractivity contribution in [2.75, 3.05) is 30.4 Å². The highest BCUT2D eigenvalue weighted by atomic mass is 32.2. The highest BCUT2D eigenvalue weighted by Crippen LogP contribution is 2.37. The molecule has 2 rings (SSSR count). The molecule has 1 aromatic rings. The van der Waals surface area contributed by atoms with Gasteiger partial charge in [0.1, 0.15) is 0 Å². The van der Waals surface area contributed by atoms with Gasteiger partial charge in [-0.3, -0.25) is 4.79 Å². The molecule has 0 saturated carbocycles. The van der Waals surface area contributed by atoms with E-state index in [1.807, 2.05) is 20.0 Å². The number of anilines is 2. The van der Waals surface area contributed by atoms with Gasteiger partial charge in [-0.1, -0.05) is 0 Å². The van der Waals surface area contributed by atoms with Crippen LogP contribution in [0.25, 0.3) is 0 Å². The second kappa shape index (κ2) is 5.63. The normalized spacial score (nSPS) is 18.2. The van der Waals surface area contributed by atoms with E-state index in [2.05, 4.69) is 22.3 Å². The smallest absolute Gasteiger partial charge is 0.237 e. The molecule has 1 amide bonds. The van der Waals surface area contributed by atoms with Crippen LogP contribution >= 0.6 is 11.8 Å². The third kappa shape index (κ3) is 2.79. The van der Waals surface area contributed by atoms with Crippen LogP contribution in [0.4, 0.5) is 11.4 Å². The molecular weight excluding hydrogens is 246 g/mol. The van der Waals surface area contributed by atoms with Gasteiger partial charge in [-0.2, -0.15) is 0 Å². The summed E-state index contributed by atoms with van der Waals surface area (Å²) in [4.78, 5) is 14.9. The minimum atomic E-state index is -0.0154. The van der Waals surface area contributed by atoms with E-state index in [-0.39, 0.29) is 11.2 Å². The summed E-state index contributed by atoms with van der Waals surface area (Å²) < 4.78 is 0. The van der Waals surface area contributed by atoms with Gasteiger partial charge in [0.05, 0.1) is 10.9 Å². The molecule has 1 aliphatic rings. The lowest BCUT2D eigenvalue weighted by Crippen LogP contribution is -2.27. The Balaban J connectivity index is 2.17. The van der Waals surface area contributed by atoms with E-state index in [4.69, 9.17) is 5.73 Å². The van der Waals surface area contributed by atoms with Crippen LogP contribution < -0.4 is 16.0 Å². The van der Waals surface area contributed by atoms with Crippen LogP contribution in [0.5, 0.6) is 0 Å². The van der Waals surface area contributed by atoms with Crippen molar-refractivity contribution in [2.45, 2.75) is 23.5 Å². The molecule has 5 heteroatoms. The van der Waals surface area contributed by atoms with Crippen LogP contribution in [0, 0.1) is 0 Å². The first-order valence-electron chi connectivity index (χ1n) is 6.14. The fourth-order valence-electron chi connectivity index (χ4n) is 1.89. The SMILES string of the molecule is CC1Sc2ccc(N(C)CCCN)cc2NC1=O. The Morgan fingerprint density at radius 2 is 2.28 bits per heavy atom. The molecule has 98 valence electrons. The Labute approximate surface area is 112 Å². The molecule has 0 radical (unpaired) electrons. The fraction of sp³-hybridized carbons (Fsp3) is 0.462. The number of carbonyl (C=O) groups excluding carboxylic acids is 1. The summed E-state index contributed by atoms with van der Waals surface area (Å²) in [6, 6.07) is 6.19. The molecule has 3 N–H and O–H groups in total. The van der Waals surface area contributed by atoms with Gasteiger partial charge in [0, 0.05) is 24.2 Å². The van der Waals surface area contributed by atoms with E-state index in [0.717, 1.165) is 29.2 Å². The van der Waals surface area contributed by atoms with Crippen molar-refractivity contribution < 1.29 is 4.79 Å². The molecule has 0 fully saturated rings. The summed E-state index contributed by atoms with van der Waals surface area (Å²) in [6.45, 7) is 3.54. The molecule has 1 heterocycles. The average molecular weight is 265 g/mol. The Morgan fingerprint density at radius 3 is 3.00 bits per heavy atom. The number of benzene rings is 1. The number of thioether (sulfide) groups is 1. The molecule has 4 nitrogen and oxygen atoms in total. The van der Waals surface area contributed by atoms with Crippen LogP contribution in [0.3, 0.4) is 0 Å². The van der Waals surface area contributed by atoms with Crippen LogP contribution in [-0.4, -0.2) is 31.3 Å². The van der Waals surface area contributed by atoms with Crippen LogP contribution in [0.1, 0.15) is 13.3 Å². The molecule has 0 spiro atoms. The molecule has 1 aromatic carbocycles. The summed E-state index contributed by atoms with van der Waals surface area (Å²) in [7, 11) is 2.04. The van der Waals surface area contributed by atoms with E-state index < -0.39 is 0 Å². The van der Waals surface area contributed by atoms with Crippen molar-refractivity contribution in [1.82, 2.24) is 0 Å². The molecular formula is C13H19N3OS. The van der Waals surface area contributed by atoms with E-state index in [9.17, 15) is 4.79 Å². The van der Waals surface area contributed by atoms with E-state index in [1.54, 1.807) is 11.8 Å². The lowest BCUT2D eigenvalue weighted by atomic mass is 10.2. The molecule has 1 unspecified atom stereocenters. The Hall–Kier alpha value is -1.20. The number of amides is 1. The maximum Gasteiger partial charge on any atom is 0.237 e. The zero-order valence-electron chi connectivity index (χ0n) is 10.8. The quantitative estimate of drug-likeness (QED) is 0.873. The third-order valence-electron chi connectivity index (χ3n) is 3.03. The largest absolute Gasteiger partial charge is 0.374 e. The maximum atomic E-state index is 11.6. The van der Waals surface area contributed by atoms with Gasteiger partial charge in [0.25, 0.3) is 0 Å². The standard InChI is InChI=1S/C13H19N3OS/c1-9-13(17)15-11-8-10(4-5-12(11)18-9)16(2)7-3-6-14/h4-5,8-9H,3,6-7,14H2,1-2H3,(H,15,17). The molecule has 1 atom stereocenters. The highest BCUT2D eigenvalue weighted by Gasteiger charge is 2.23. The summed E-state index contributed by atoms with van der Waals surface area (Å²) in [5, 5.41) is 2.93. The van der Waals surface area contributed by atoms with E-state index in [0.29, 0.717) is 6.54 Å². The second-order valence-corrected chi connectivity index (χ2v) is 5.88. The zero-order valence-corrected chi connectivity index (χ0v) is 11.6. The first kappa shape index (κ1) is 13.2. The van der Waals surface area contributed by atoms with Gasteiger partial charge >= 0.3 is 0 Å². The first-order chi connectivity index (χ1) is 8.61. The van der Waals surface area contributed by atoms with E-state index >= 15 is 0 Å². The number of nitrogens with zero attached hydrogens (tertiary/aromatic N) is 1. The highest BCUT2D eigenvalue weighted by molar-refractivity contribution is 8.00. The minimum Gasteiger partial charge on any atom is -0.374 e. The topological polar surface area (TPSA) is 58.4 Å². The summed E-state index contributed by atoms with van der Waals surface area (Å²) in [6.07, 6.45) is 0.964. The van der Waals surface area contributed by atoms with Crippen LogP contribution in [0.15, 0.2) is 23.1 Å². The van der Waals surface area contributed by atoms with Gasteiger partial charge < -0.3 is 16.0 Å². The van der Waals surface area contributed by atoms with Crippen molar-refractivity contribution >= 4 is 29.0 Å². The molecule has 0 saturated heterocycles. The van der Waals surface area contributed by atoms with Gasteiger partial charge in [-0.25, -0.2) is 0 Å². The number of rotatable bonds is 4. The summed E-state index contributed by atoms with van der Waals surface area (Å²) >= 11 is 1.61. The molecule has 0 aliphatic carbocycles. The van der Waals surface area contributed by atoms with Crippen molar-refractivity contribution in [3.8, 4) is 0 Å². The number of nitrogens with one attached hydrogen (secondary N) is 1. The number of nitrogens with two attached hydrogens (primary N) is 1. The van der Waals surface area contributed by atoms with Gasteiger partial charge in [0.2, 0.25) is 5.91 Å². The summed E-state index contributed by atoms with van der Waals surface area (Å²) in [5.41, 5.74) is 7.54. The number of fused-ring (bicyclic) bond motifs is 1. The Morgan fingerprint density at radius 1 is 1.50 bits per heavy atom. The van der Waals surface area contributed by atoms with Crippen molar-refractivity contribution in [3.05, 3.63) is 18.2 Å². The molecule has 0 bridgehead atoms. The summed E-state index contributed by atoms with van der Waals surface area (Å²) in [5.74, 6) is 0.0780. The molecule has 18 heavy (non-hydrogen) atoms. The fourth-order valence-corrected chi connectivity index (χ4v) is 2.82. The number of carbonyl (C=O) groups is 1. The first-order valence-corrected chi connectivity index (χ1v) is 7.02. The Bertz CT molecular complexity index is 450. The Kier molecular flexibility index (Phi) is 4.14. The lowest BCUT2D eigenvalue weighted by molar-refractivity contribution is -0.115. The minimum absolute atomic E-state index is 0.0154. The molecule has 1 aliphatic heterocycles. The zero-order chi connectivity index (χ0) is 13.1.